The molecule has 9 nitrogen and oxygen atoms in total. The number of rotatable bonds is 13. The van der Waals surface area contributed by atoms with Gasteiger partial charge in [-0.3, -0.25) is 14.4 Å². The van der Waals surface area contributed by atoms with Crippen LogP contribution in [0.3, 0.4) is 0 Å². The molecule has 1 aromatic rings. The highest BCUT2D eigenvalue weighted by Gasteiger charge is 2.54. The number of nitrogens with two attached hydrogens (primary N) is 1. The van der Waals surface area contributed by atoms with Gasteiger partial charge >= 0.3 is 0 Å². The van der Waals surface area contributed by atoms with Crippen molar-refractivity contribution in [2.75, 3.05) is 26.3 Å². The average Bonchev–Trinajstić information content (AvgIpc) is 3.25. The minimum atomic E-state index is -0.682. The van der Waals surface area contributed by atoms with Gasteiger partial charge in [-0.15, -0.1) is 0 Å². The number of benzene rings is 1. The zero-order valence-corrected chi connectivity index (χ0v) is 20.9. The first-order valence-corrected chi connectivity index (χ1v) is 12.8. The van der Waals surface area contributed by atoms with Crippen molar-refractivity contribution in [3.63, 3.8) is 0 Å². The number of piperazine rings is 1. The van der Waals surface area contributed by atoms with Gasteiger partial charge in [-0.2, -0.15) is 0 Å². The summed E-state index contributed by atoms with van der Waals surface area (Å²) in [6.45, 7) is 5.27. The summed E-state index contributed by atoms with van der Waals surface area (Å²) in [5.74, 6) is -0.269. The fourth-order valence-corrected chi connectivity index (χ4v) is 5.10. The number of amides is 3. The molecular weight excluding hydrogens is 448 g/mol. The van der Waals surface area contributed by atoms with Gasteiger partial charge in [0.15, 0.2) is 0 Å². The lowest BCUT2D eigenvalue weighted by atomic mass is 9.92. The van der Waals surface area contributed by atoms with E-state index in [0.29, 0.717) is 25.3 Å². The van der Waals surface area contributed by atoms with E-state index in [1.165, 1.54) is 0 Å². The van der Waals surface area contributed by atoms with Crippen molar-refractivity contribution >= 4 is 17.7 Å². The summed E-state index contributed by atoms with van der Waals surface area (Å²) < 4.78 is 5.58. The fraction of sp³-hybridized carbons (Fsp3) is 0.654. The Morgan fingerprint density at radius 2 is 2.03 bits per heavy atom. The summed E-state index contributed by atoms with van der Waals surface area (Å²) in [7, 11) is 0. The van der Waals surface area contributed by atoms with E-state index in [9.17, 15) is 14.4 Å². The molecule has 5 N–H and O–H groups in total. The monoisotopic (exact) mass is 488 g/mol. The van der Waals surface area contributed by atoms with E-state index in [1.54, 1.807) is 17.0 Å². The molecule has 3 amide bonds. The molecule has 2 saturated heterocycles. The highest BCUT2D eigenvalue weighted by atomic mass is 16.5. The number of nitrogens with zero attached hydrogens (tertiary/aromatic N) is 1. The number of hydrogen-bond acceptors (Lipinski definition) is 6. The van der Waals surface area contributed by atoms with Crippen LogP contribution in [0.2, 0.25) is 0 Å². The van der Waals surface area contributed by atoms with E-state index in [2.05, 4.69) is 10.6 Å². The lowest BCUT2D eigenvalue weighted by Gasteiger charge is -2.39. The minimum absolute atomic E-state index is 0.117. The van der Waals surface area contributed by atoms with Gasteiger partial charge in [0.05, 0.1) is 18.6 Å². The van der Waals surface area contributed by atoms with Crippen LogP contribution >= 0.6 is 0 Å². The molecule has 2 aliphatic rings. The largest absolute Gasteiger partial charge is 0.491 e. The number of nitrogens with one attached hydrogen (secondary N) is 2. The van der Waals surface area contributed by atoms with E-state index in [-0.39, 0.29) is 43.3 Å². The first-order valence-electron chi connectivity index (χ1n) is 12.8. The molecule has 0 aliphatic carbocycles. The molecule has 0 bridgehead atoms. The first-order chi connectivity index (χ1) is 16.9. The SMILES string of the molecule is CC(C)C[C@@H]1NC(=O)[C@@H]2C[C@H](C(=O)NCCCCCCN)[C@H](c3cccc(OCCO)c3)N2C1=O. The van der Waals surface area contributed by atoms with Gasteiger partial charge < -0.3 is 31.1 Å². The molecule has 35 heavy (non-hydrogen) atoms. The molecule has 9 heteroatoms. The van der Waals surface area contributed by atoms with Crippen molar-refractivity contribution in [3.05, 3.63) is 29.8 Å². The number of fused-ring (bicyclic) bond motifs is 1. The van der Waals surface area contributed by atoms with Crippen LogP contribution in [0.5, 0.6) is 5.75 Å². The Morgan fingerprint density at radius 1 is 1.26 bits per heavy atom. The molecular formula is C26H40N4O5. The molecule has 0 saturated carbocycles. The van der Waals surface area contributed by atoms with Gasteiger partial charge in [-0.1, -0.05) is 38.8 Å². The van der Waals surface area contributed by atoms with Crippen molar-refractivity contribution in [2.24, 2.45) is 17.6 Å². The smallest absolute Gasteiger partial charge is 0.246 e. The summed E-state index contributed by atoms with van der Waals surface area (Å²) in [6, 6.07) is 5.40. The van der Waals surface area contributed by atoms with E-state index in [0.717, 1.165) is 31.2 Å². The Balaban J connectivity index is 1.85. The maximum absolute atomic E-state index is 13.6. The lowest BCUT2D eigenvalue weighted by molar-refractivity contribution is -0.150. The number of aliphatic hydroxyl groups excluding tert-OH is 1. The zero-order valence-electron chi connectivity index (χ0n) is 20.9. The predicted molar refractivity (Wildman–Crippen MR) is 132 cm³/mol. The van der Waals surface area contributed by atoms with Crippen LogP contribution in [0.1, 0.15) is 64.0 Å². The molecule has 0 unspecified atom stereocenters. The van der Waals surface area contributed by atoms with Crippen LogP contribution in [0.15, 0.2) is 24.3 Å². The van der Waals surface area contributed by atoms with Crippen LogP contribution in [0.25, 0.3) is 0 Å². The second kappa shape index (κ2) is 12.9. The standard InChI is InChI=1S/C26H40N4O5/c1-17(2)14-21-26(34)30-22(25(33)29-21)16-20(24(32)28-11-6-4-3-5-10-27)23(30)18-8-7-9-19(15-18)35-13-12-31/h7-9,15,17,20-23,31H,3-6,10-14,16,27H2,1-2H3,(H,28,32)(H,29,33)/t20-,21-,22-,23-/m0/s1. The van der Waals surface area contributed by atoms with Crippen molar-refractivity contribution in [1.82, 2.24) is 15.5 Å². The van der Waals surface area contributed by atoms with Crippen molar-refractivity contribution in [2.45, 2.75) is 70.5 Å². The summed E-state index contributed by atoms with van der Waals surface area (Å²) >= 11 is 0. The quantitative estimate of drug-likeness (QED) is 0.311. The number of ether oxygens (including phenoxy) is 1. The summed E-state index contributed by atoms with van der Waals surface area (Å²) in [5.41, 5.74) is 6.29. The summed E-state index contributed by atoms with van der Waals surface area (Å²) in [6.07, 6.45) is 4.66. The third-order valence-electron chi connectivity index (χ3n) is 6.70. The molecule has 2 aliphatic heterocycles. The minimum Gasteiger partial charge on any atom is -0.491 e. The molecule has 2 fully saturated rings. The van der Waals surface area contributed by atoms with Gasteiger partial charge in [0.25, 0.3) is 0 Å². The average molecular weight is 489 g/mol. The molecule has 0 radical (unpaired) electrons. The van der Waals surface area contributed by atoms with Gasteiger partial charge in [0.1, 0.15) is 24.4 Å². The highest BCUT2D eigenvalue weighted by molar-refractivity contribution is 5.99. The number of aliphatic hydroxyl groups is 1. The lowest BCUT2D eigenvalue weighted by Crippen LogP contribution is -2.61. The van der Waals surface area contributed by atoms with E-state index >= 15 is 0 Å². The fourth-order valence-electron chi connectivity index (χ4n) is 5.10. The zero-order chi connectivity index (χ0) is 25.4. The number of carbonyl (C=O) groups excluding carboxylic acids is 3. The Labute approximate surface area is 207 Å². The molecule has 4 atom stereocenters. The Kier molecular flexibility index (Phi) is 9.92. The van der Waals surface area contributed by atoms with Crippen LogP contribution in [-0.4, -0.2) is 66.1 Å². The third-order valence-corrected chi connectivity index (χ3v) is 6.70. The second-order valence-electron chi connectivity index (χ2n) is 9.88. The molecule has 3 rings (SSSR count). The topological polar surface area (TPSA) is 134 Å². The van der Waals surface area contributed by atoms with Crippen LogP contribution in [0, 0.1) is 11.8 Å². The maximum atomic E-state index is 13.6. The van der Waals surface area contributed by atoms with Crippen molar-refractivity contribution < 1.29 is 24.2 Å². The molecule has 194 valence electrons. The highest BCUT2D eigenvalue weighted by Crippen LogP contribution is 2.44. The van der Waals surface area contributed by atoms with Gasteiger partial charge in [0, 0.05) is 6.54 Å². The Hall–Kier alpha value is -2.65. The summed E-state index contributed by atoms with van der Waals surface area (Å²) in [4.78, 5) is 41.5. The first kappa shape index (κ1) is 26.9. The van der Waals surface area contributed by atoms with E-state index < -0.39 is 24.0 Å². The van der Waals surface area contributed by atoms with Crippen LogP contribution in [0.4, 0.5) is 0 Å². The van der Waals surface area contributed by atoms with Gasteiger partial charge in [-0.05, 0) is 55.8 Å². The Bertz CT molecular complexity index is 877. The van der Waals surface area contributed by atoms with Crippen LogP contribution < -0.4 is 21.1 Å². The Morgan fingerprint density at radius 3 is 2.74 bits per heavy atom. The number of carbonyl (C=O) groups is 3. The molecule has 1 aromatic carbocycles. The maximum Gasteiger partial charge on any atom is 0.246 e. The molecule has 0 aromatic heterocycles. The summed E-state index contributed by atoms with van der Waals surface area (Å²) in [5, 5.41) is 15.0. The van der Waals surface area contributed by atoms with E-state index in [4.69, 9.17) is 15.6 Å². The third kappa shape index (κ3) is 6.73. The van der Waals surface area contributed by atoms with Gasteiger partial charge in [-0.25, -0.2) is 0 Å². The van der Waals surface area contributed by atoms with Crippen molar-refractivity contribution in [3.8, 4) is 5.75 Å². The predicted octanol–water partition coefficient (Wildman–Crippen LogP) is 1.50. The molecule has 2 heterocycles. The second-order valence-corrected chi connectivity index (χ2v) is 9.88. The van der Waals surface area contributed by atoms with Crippen LogP contribution in [-0.2, 0) is 14.4 Å². The van der Waals surface area contributed by atoms with E-state index in [1.807, 2.05) is 26.0 Å². The normalized spacial score (nSPS) is 23.9. The number of hydrogen-bond donors (Lipinski definition) is 4. The van der Waals surface area contributed by atoms with Gasteiger partial charge in [0.2, 0.25) is 17.7 Å². The number of unbranched alkanes of at least 4 members (excludes halogenated alkanes) is 3. The van der Waals surface area contributed by atoms with Crippen molar-refractivity contribution in [1.29, 1.82) is 0 Å². The molecule has 0 spiro atoms.